The first-order valence-corrected chi connectivity index (χ1v) is 2.88. The van der Waals surface area contributed by atoms with E-state index in [0.29, 0.717) is 0 Å². The van der Waals surface area contributed by atoms with Crippen LogP contribution in [0.2, 0.25) is 0 Å². The lowest BCUT2D eigenvalue weighted by Gasteiger charge is -2.14. The fraction of sp³-hybridized carbons (Fsp3) is 0.571. The molecule has 3 heteroatoms. The van der Waals surface area contributed by atoms with Crippen molar-refractivity contribution in [3.05, 3.63) is 0 Å². The maximum absolute atomic E-state index is 10.8. The third kappa shape index (κ3) is 3.10. The highest BCUT2D eigenvalue weighted by Crippen LogP contribution is 1.98. The number of terminal acetylenes is 1. The summed E-state index contributed by atoms with van der Waals surface area (Å²) >= 11 is 0. The molecule has 0 saturated heterocycles. The zero-order valence-corrected chi connectivity index (χ0v) is 6.18. The molecule has 0 unspecified atom stereocenters. The number of esters is 1. The van der Waals surface area contributed by atoms with Crippen molar-refractivity contribution in [1.82, 2.24) is 0 Å². The number of carbonyl (C=O) groups is 1. The van der Waals surface area contributed by atoms with Crippen LogP contribution in [0.4, 0.5) is 0 Å². The molecule has 0 saturated carbocycles. The number of hydrogen-bond donors (Lipinski definition) is 1. The molecular formula is C7H11NO2. The molecule has 0 heterocycles. The molecular weight excluding hydrogens is 130 g/mol. The lowest BCUT2D eigenvalue weighted by Crippen LogP contribution is -2.42. The van der Waals surface area contributed by atoms with E-state index in [1.165, 1.54) is 0 Å². The Labute approximate surface area is 60.5 Å². The second kappa shape index (κ2) is 3.23. The molecule has 0 radical (unpaired) electrons. The Morgan fingerprint density at radius 3 is 2.60 bits per heavy atom. The molecule has 0 aliphatic heterocycles. The van der Waals surface area contributed by atoms with E-state index in [0.717, 1.165) is 0 Å². The summed E-state index contributed by atoms with van der Waals surface area (Å²) < 4.78 is 4.56. The molecule has 10 heavy (non-hydrogen) atoms. The Kier molecular flexibility index (Phi) is 2.91. The largest absolute Gasteiger partial charge is 0.451 e. The molecule has 0 aromatic rings. The summed E-state index contributed by atoms with van der Waals surface area (Å²) in [5.74, 6) is 1.69. The van der Waals surface area contributed by atoms with Gasteiger partial charge in [-0.2, -0.15) is 0 Å². The van der Waals surface area contributed by atoms with Crippen LogP contribution in [0.15, 0.2) is 0 Å². The van der Waals surface area contributed by atoms with Crippen LogP contribution >= 0.6 is 0 Å². The zero-order valence-electron chi connectivity index (χ0n) is 6.18. The average molecular weight is 141 g/mol. The Morgan fingerprint density at radius 2 is 2.30 bits per heavy atom. The van der Waals surface area contributed by atoms with Gasteiger partial charge in [-0.3, -0.25) is 4.79 Å². The van der Waals surface area contributed by atoms with Crippen LogP contribution in [-0.2, 0) is 9.53 Å². The van der Waals surface area contributed by atoms with Gasteiger partial charge in [-0.15, -0.1) is 6.42 Å². The Morgan fingerprint density at radius 1 is 1.80 bits per heavy atom. The standard InChI is InChI=1S/C7H11NO2/c1-4-5-10-6(9)7(2,3)8/h1H,5,8H2,2-3H3. The van der Waals surface area contributed by atoms with Gasteiger partial charge in [-0.1, -0.05) is 5.92 Å². The number of nitrogens with two attached hydrogens (primary N) is 1. The molecule has 0 fully saturated rings. The Balaban J connectivity index is 3.78. The Bertz CT molecular complexity index is 161. The molecule has 0 rings (SSSR count). The first kappa shape index (κ1) is 8.99. The van der Waals surface area contributed by atoms with Crippen molar-refractivity contribution in [1.29, 1.82) is 0 Å². The van der Waals surface area contributed by atoms with Gasteiger partial charge >= 0.3 is 5.97 Å². The van der Waals surface area contributed by atoms with E-state index in [1.54, 1.807) is 13.8 Å². The number of ether oxygens (including phenoxy) is 1. The third-order valence-electron chi connectivity index (χ3n) is 0.813. The molecule has 0 aromatic heterocycles. The van der Waals surface area contributed by atoms with Gasteiger partial charge in [0, 0.05) is 0 Å². The maximum atomic E-state index is 10.8. The van der Waals surface area contributed by atoms with Crippen LogP contribution in [0, 0.1) is 12.3 Å². The summed E-state index contributed by atoms with van der Waals surface area (Å²) in [6, 6.07) is 0. The quantitative estimate of drug-likeness (QED) is 0.431. The van der Waals surface area contributed by atoms with E-state index < -0.39 is 11.5 Å². The van der Waals surface area contributed by atoms with Gasteiger partial charge < -0.3 is 10.5 Å². The van der Waals surface area contributed by atoms with Crippen molar-refractivity contribution < 1.29 is 9.53 Å². The monoisotopic (exact) mass is 141 g/mol. The van der Waals surface area contributed by atoms with Crippen LogP contribution in [0.3, 0.4) is 0 Å². The zero-order chi connectivity index (χ0) is 8.20. The smallest absolute Gasteiger partial charge is 0.326 e. The molecule has 0 spiro atoms. The molecule has 0 atom stereocenters. The first-order chi connectivity index (χ1) is 4.48. The average Bonchev–Trinajstić information content (AvgIpc) is 1.80. The van der Waals surface area contributed by atoms with Crippen molar-refractivity contribution in [3.63, 3.8) is 0 Å². The van der Waals surface area contributed by atoms with Crippen molar-refractivity contribution in [3.8, 4) is 12.3 Å². The fourth-order valence-electron chi connectivity index (χ4n) is 0.293. The minimum absolute atomic E-state index is 0.0144. The van der Waals surface area contributed by atoms with Crippen LogP contribution in [0.25, 0.3) is 0 Å². The maximum Gasteiger partial charge on any atom is 0.326 e. The van der Waals surface area contributed by atoms with E-state index in [1.807, 2.05) is 0 Å². The van der Waals surface area contributed by atoms with Gasteiger partial charge in [-0.25, -0.2) is 0 Å². The second-order valence-corrected chi connectivity index (χ2v) is 2.50. The van der Waals surface area contributed by atoms with Crippen LogP contribution in [-0.4, -0.2) is 18.1 Å². The number of hydrogen-bond acceptors (Lipinski definition) is 3. The first-order valence-electron chi connectivity index (χ1n) is 2.88. The van der Waals surface area contributed by atoms with Gasteiger partial charge in [-0.05, 0) is 13.8 Å². The van der Waals surface area contributed by atoms with E-state index in [2.05, 4.69) is 10.7 Å². The lowest BCUT2D eigenvalue weighted by molar-refractivity contribution is -0.147. The summed E-state index contributed by atoms with van der Waals surface area (Å²) in [6.07, 6.45) is 4.85. The van der Waals surface area contributed by atoms with Crippen LogP contribution < -0.4 is 5.73 Å². The summed E-state index contributed by atoms with van der Waals surface area (Å²) in [5.41, 5.74) is 4.43. The minimum Gasteiger partial charge on any atom is -0.451 e. The molecule has 0 aliphatic rings. The van der Waals surface area contributed by atoms with Crippen molar-refractivity contribution in [2.45, 2.75) is 19.4 Å². The Hall–Kier alpha value is -1.01. The van der Waals surface area contributed by atoms with Gasteiger partial charge in [0.2, 0.25) is 0 Å². The van der Waals surface area contributed by atoms with Crippen molar-refractivity contribution >= 4 is 5.97 Å². The van der Waals surface area contributed by atoms with E-state index in [4.69, 9.17) is 12.2 Å². The summed E-state index contributed by atoms with van der Waals surface area (Å²) in [7, 11) is 0. The molecule has 0 bridgehead atoms. The molecule has 3 nitrogen and oxygen atoms in total. The predicted molar refractivity (Wildman–Crippen MR) is 38.1 cm³/mol. The highest BCUT2D eigenvalue weighted by atomic mass is 16.5. The number of carbonyl (C=O) groups excluding carboxylic acids is 1. The highest BCUT2D eigenvalue weighted by molar-refractivity contribution is 5.79. The summed E-state index contributed by atoms with van der Waals surface area (Å²) in [6.45, 7) is 3.11. The predicted octanol–water partition coefficient (Wildman–Crippen LogP) is -0.0999. The van der Waals surface area contributed by atoms with Gasteiger partial charge in [0.1, 0.15) is 5.54 Å². The molecule has 2 N–H and O–H groups in total. The molecule has 56 valence electrons. The second-order valence-electron chi connectivity index (χ2n) is 2.50. The molecule has 0 aromatic carbocycles. The summed E-state index contributed by atoms with van der Waals surface area (Å²) in [4.78, 5) is 10.8. The van der Waals surface area contributed by atoms with Crippen molar-refractivity contribution in [2.75, 3.05) is 6.61 Å². The highest BCUT2D eigenvalue weighted by Gasteiger charge is 2.22. The molecule has 0 amide bonds. The minimum atomic E-state index is -0.948. The normalized spacial score (nSPS) is 10.2. The topological polar surface area (TPSA) is 52.3 Å². The summed E-state index contributed by atoms with van der Waals surface area (Å²) in [5, 5.41) is 0. The third-order valence-corrected chi connectivity index (χ3v) is 0.813. The van der Waals surface area contributed by atoms with Gasteiger partial charge in [0.05, 0.1) is 0 Å². The molecule has 0 aliphatic carbocycles. The SMILES string of the molecule is C#CCOC(=O)C(C)(C)N. The van der Waals surface area contributed by atoms with E-state index in [-0.39, 0.29) is 6.61 Å². The lowest BCUT2D eigenvalue weighted by atomic mass is 10.1. The fourth-order valence-corrected chi connectivity index (χ4v) is 0.293. The van der Waals surface area contributed by atoms with E-state index in [9.17, 15) is 4.79 Å². The van der Waals surface area contributed by atoms with Gasteiger partial charge in [0.25, 0.3) is 0 Å². The van der Waals surface area contributed by atoms with Crippen LogP contribution in [0.1, 0.15) is 13.8 Å². The van der Waals surface area contributed by atoms with Crippen LogP contribution in [0.5, 0.6) is 0 Å². The van der Waals surface area contributed by atoms with Gasteiger partial charge in [0.15, 0.2) is 6.61 Å². The van der Waals surface area contributed by atoms with E-state index >= 15 is 0 Å². The van der Waals surface area contributed by atoms with Crippen molar-refractivity contribution in [2.24, 2.45) is 5.73 Å². The number of rotatable bonds is 2.